The highest BCUT2D eigenvalue weighted by atomic mass is 79.9. The molecule has 2 aromatic rings. The van der Waals surface area contributed by atoms with E-state index in [4.69, 9.17) is 0 Å². The van der Waals surface area contributed by atoms with Crippen LogP contribution >= 0.6 is 15.9 Å². The van der Waals surface area contributed by atoms with E-state index in [2.05, 4.69) is 31.5 Å². The summed E-state index contributed by atoms with van der Waals surface area (Å²) in [6.45, 7) is 2.41. The predicted molar refractivity (Wildman–Crippen MR) is 80.3 cm³/mol. The molecule has 7 heteroatoms. The second-order valence-corrected chi connectivity index (χ2v) is 5.24. The summed E-state index contributed by atoms with van der Waals surface area (Å²) in [7, 11) is 0. The summed E-state index contributed by atoms with van der Waals surface area (Å²) in [4.78, 5) is 3.82. The van der Waals surface area contributed by atoms with E-state index in [1.807, 2.05) is 6.92 Å². The Morgan fingerprint density at radius 1 is 1.05 bits per heavy atom. The van der Waals surface area contributed by atoms with E-state index >= 15 is 0 Å². The lowest BCUT2D eigenvalue weighted by atomic mass is 10.3. The molecule has 0 aliphatic heterocycles. The van der Waals surface area contributed by atoms with E-state index in [1.54, 1.807) is 0 Å². The molecule has 3 nitrogen and oxygen atoms in total. The molecular formula is C14H13BrF3N3. The lowest BCUT2D eigenvalue weighted by Gasteiger charge is -2.11. The summed E-state index contributed by atoms with van der Waals surface area (Å²) in [5, 5.41) is 5.27. The van der Waals surface area contributed by atoms with Crippen molar-refractivity contribution in [3.8, 4) is 0 Å². The maximum absolute atomic E-state index is 13.7. The number of aromatic nitrogens is 1. The molecule has 112 valence electrons. The van der Waals surface area contributed by atoms with Crippen LogP contribution in [0.5, 0.6) is 0 Å². The molecule has 0 spiro atoms. The van der Waals surface area contributed by atoms with Gasteiger partial charge in [0.05, 0.1) is 5.69 Å². The molecule has 1 heterocycles. The number of rotatable bonds is 5. The first-order valence-corrected chi connectivity index (χ1v) is 7.12. The van der Waals surface area contributed by atoms with Gasteiger partial charge in [0.1, 0.15) is 5.82 Å². The van der Waals surface area contributed by atoms with Gasteiger partial charge in [-0.05, 0) is 24.6 Å². The summed E-state index contributed by atoms with van der Waals surface area (Å²) >= 11 is 3.20. The summed E-state index contributed by atoms with van der Waals surface area (Å²) < 4.78 is 41.6. The molecule has 1 aromatic heterocycles. The number of halogens is 4. The maximum atomic E-state index is 13.7. The molecule has 21 heavy (non-hydrogen) atoms. The Bertz CT molecular complexity index is 650. The van der Waals surface area contributed by atoms with Crippen LogP contribution in [0.4, 0.5) is 30.5 Å². The van der Waals surface area contributed by atoms with Crippen molar-refractivity contribution in [2.45, 2.75) is 13.3 Å². The average molecular weight is 360 g/mol. The van der Waals surface area contributed by atoms with Crippen LogP contribution in [-0.2, 0) is 0 Å². The predicted octanol–water partition coefficient (Wildman–Crippen LogP) is 4.83. The molecule has 0 radical (unpaired) electrons. The third-order valence-electron chi connectivity index (χ3n) is 2.65. The van der Waals surface area contributed by atoms with Crippen molar-refractivity contribution in [2.75, 3.05) is 17.2 Å². The van der Waals surface area contributed by atoms with Crippen LogP contribution < -0.4 is 10.6 Å². The van der Waals surface area contributed by atoms with Gasteiger partial charge in [0.25, 0.3) is 0 Å². The zero-order chi connectivity index (χ0) is 15.4. The smallest absolute Gasteiger partial charge is 0.169 e. The van der Waals surface area contributed by atoms with E-state index in [1.165, 1.54) is 18.2 Å². The fourth-order valence-corrected chi connectivity index (χ4v) is 2.00. The maximum Gasteiger partial charge on any atom is 0.169 e. The Kier molecular flexibility index (Phi) is 5.06. The standard InChI is InChI=1S/C14H13BrF3N3/c1-2-5-19-13-10(17)7-11(18)14(21-13)20-12-6-8(15)3-4-9(12)16/h3-4,6-7H,2,5H2,1H3,(H2,19,20,21). The second kappa shape index (κ2) is 6.80. The van der Waals surface area contributed by atoms with E-state index in [0.717, 1.165) is 6.42 Å². The monoisotopic (exact) mass is 359 g/mol. The zero-order valence-corrected chi connectivity index (χ0v) is 12.8. The zero-order valence-electron chi connectivity index (χ0n) is 11.2. The quantitative estimate of drug-likeness (QED) is 0.802. The fourth-order valence-electron chi connectivity index (χ4n) is 1.64. The second-order valence-electron chi connectivity index (χ2n) is 4.33. The van der Waals surface area contributed by atoms with Crippen LogP contribution in [0, 0.1) is 17.5 Å². The van der Waals surface area contributed by atoms with Crippen molar-refractivity contribution in [2.24, 2.45) is 0 Å². The normalized spacial score (nSPS) is 10.5. The molecule has 0 fully saturated rings. The SMILES string of the molecule is CCCNc1nc(Nc2cc(Br)ccc2F)c(F)cc1F. The molecule has 2 N–H and O–H groups in total. The molecule has 0 saturated heterocycles. The van der Waals surface area contributed by atoms with Crippen LogP contribution in [-0.4, -0.2) is 11.5 Å². The molecule has 0 amide bonds. The van der Waals surface area contributed by atoms with Crippen LogP contribution in [0.1, 0.15) is 13.3 Å². The molecule has 0 aliphatic carbocycles. The van der Waals surface area contributed by atoms with Crippen LogP contribution in [0.25, 0.3) is 0 Å². The Morgan fingerprint density at radius 2 is 1.76 bits per heavy atom. The molecule has 0 atom stereocenters. The van der Waals surface area contributed by atoms with Gasteiger partial charge in [0, 0.05) is 17.1 Å². The molecule has 2 rings (SSSR count). The van der Waals surface area contributed by atoms with Crippen molar-refractivity contribution in [3.05, 3.63) is 46.2 Å². The van der Waals surface area contributed by atoms with Gasteiger partial charge >= 0.3 is 0 Å². The highest BCUT2D eigenvalue weighted by Crippen LogP contribution is 2.26. The Morgan fingerprint density at radius 3 is 2.48 bits per heavy atom. The molecule has 0 saturated carbocycles. The summed E-state index contributed by atoms with van der Waals surface area (Å²) in [6.07, 6.45) is 0.765. The van der Waals surface area contributed by atoms with E-state index in [0.29, 0.717) is 17.1 Å². The van der Waals surface area contributed by atoms with Gasteiger partial charge in [-0.1, -0.05) is 22.9 Å². The van der Waals surface area contributed by atoms with Crippen LogP contribution in [0.15, 0.2) is 28.7 Å². The van der Waals surface area contributed by atoms with Crippen molar-refractivity contribution in [1.29, 1.82) is 0 Å². The number of pyridine rings is 1. The summed E-state index contributed by atoms with van der Waals surface area (Å²) in [6, 6.07) is 4.90. The molecule has 0 aliphatic rings. The number of hydrogen-bond donors (Lipinski definition) is 2. The van der Waals surface area contributed by atoms with Gasteiger partial charge in [-0.3, -0.25) is 0 Å². The first-order valence-electron chi connectivity index (χ1n) is 6.33. The van der Waals surface area contributed by atoms with Gasteiger partial charge in [0.15, 0.2) is 23.3 Å². The highest BCUT2D eigenvalue weighted by molar-refractivity contribution is 9.10. The van der Waals surface area contributed by atoms with Crippen molar-refractivity contribution in [1.82, 2.24) is 4.98 Å². The number of nitrogens with one attached hydrogen (secondary N) is 2. The van der Waals surface area contributed by atoms with Gasteiger partial charge in [0.2, 0.25) is 0 Å². The first kappa shape index (κ1) is 15.6. The van der Waals surface area contributed by atoms with Crippen molar-refractivity contribution < 1.29 is 13.2 Å². The number of benzene rings is 1. The third kappa shape index (κ3) is 3.87. The van der Waals surface area contributed by atoms with Gasteiger partial charge < -0.3 is 10.6 Å². The topological polar surface area (TPSA) is 37.0 Å². The van der Waals surface area contributed by atoms with Crippen molar-refractivity contribution in [3.63, 3.8) is 0 Å². The molecule has 0 unspecified atom stereocenters. The van der Waals surface area contributed by atoms with E-state index in [9.17, 15) is 13.2 Å². The summed E-state index contributed by atoms with van der Waals surface area (Å²) in [5.41, 5.74) is 0.0452. The van der Waals surface area contributed by atoms with Gasteiger partial charge in [-0.15, -0.1) is 0 Å². The highest BCUT2D eigenvalue weighted by Gasteiger charge is 2.13. The largest absolute Gasteiger partial charge is 0.368 e. The Hall–Kier alpha value is -1.76. The third-order valence-corrected chi connectivity index (χ3v) is 3.15. The number of hydrogen-bond acceptors (Lipinski definition) is 3. The minimum absolute atomic E-state index is 0.0452. The lowest BCUT2D eigenvalue weighted by Crippen LogP contribution is -2.08. The van der Waals surface area contributed by atoms with E-state index in [-0.39, 0.29) is 17.3 Å². The molecule has 1 aromatic carbocycles. The van der Waals surface area contributed by atoms with Crippen LogP contribution in [0.2, 0.25) is 0 Å². The number of nitrogens with zero attached hydrogens (tertiary/aromatic N) is 1. The summed E-state index contributed by atoms with van der Waals surface area (Å²) in [5.74, 6) is -2.56. The fraction of sp³-hybridized carbons (Fsp3) is 0.214. The minimum atomic E-state index is -0.895. The Balaban J connectivity index is 2.32. The average Bonchev–Trinajstić information content (AvgIpc) is 2.44. The lowest BCUT2D eigenvalue weighted by molar-refractivity contribution is 0.578. The van der Waals surface area contributed by atoms with E-state index < -0.39 is 17.5 Å². The molecular weight excluding hydrogens is 347 g/mol. The Labute approximate surface area is 128 Å². The molecule has 0 bridgehead atoms. The first-order chi connectivity index (χ1) is 10.0. The van der Waals surface area contributed by atoms with Gasteiger partial charge in [-0.2, -0.15) is 0 Å². The minimum Gasteiger partial charge on any atom is -0.368 e. The van der Waals surface area contributed by atoms with Crippen LogP contribution in [0.3, 0.4) is 0 Å². The van der Waals surface area contributed by atoms with Gasteiger partial charge in [-0.25, -0.2) is 18.2 Å². The number of anilines is 3. The van der Waals surface area contributed by atoms with Crippen molar-refractivity contribution >= 4 is 33.3 Å².